The SMILES string of the molecule is Cc1sc2ncnc(N3CCOc4ccccc43)c2c1C. The number of fused-ring (bicyclic) bond motifs is 2. The van der Waals surface area contributed by atoms with E-state index in [0.29, 0.717) is 6.61 Å². The number of aryl methyl sites for hydroxylation is 2. The molecule has 0 saturated carbocycles. The quantitative estimate of drug-likeness (QED) is 0.684. The molecular formula is C16H15N3OS. The van der Waals surface area contributed by atoms with E-state index in [1.165, 1.54) is 10.4 Å². The van der Waals surface area contributed by atoms with E-state index < -0.39 is 0 Å². The molecule has 0 unspecified atom stereocenters. The number of nitrogens with zero attached hydrogens (tertiary/aromatic N) is 3. The highest BCUT2D eigenvalue weighted by Crippen LogP contribution is 2.40. The lowest BCUT2D eigenvalue weighted by molar-refractivity contribution is 0.314. The lowest BCUT2D eigenvalue weighted by Gasteiger charge is -2.30. The molecule has 3 aromatic rings. The van der Waals surface area contributed by atoms with E-state index in [1.54, 1.807) is 17.7 Å². The number of thiophene rings is 1. The van der Waals surface area contributed by atoms with Crippen LogP contribution in [0.15, 0.2) is 30.6 Å². The minimum Gasteiger partial charge on any atom is -0.490 e. The van der Waals surface area contributed by atoms with Gasteiger partial charge in [0.15, 0.2) is 0 Å². The van der Waals surface area contributed by atoms with Gasteiger partial charge in [-0.25, -0.2) is 9.97 Å². The zero-order chi connectivity index (χ0) is 14.4. The van der Waals surface area contributed by atoms with E-state index in [1.807, 2.05) is 18.2 Å². The van der Waals surface area contributed by atoms with Gasteiger partial charge < -0.3 is 9.64 Å². The predicted octanol–water partition coefficient (Wildman–Crippen LogP) is 3.84. The molecule has 4 nitrogen and oxygen atoms in total. The van der Waals surface area contributed by atoms with Crippen LogP contribution in [0.5, 0.6) is 5.75 Å². The Hall–Kier alpha value is -2.14. The van der Waals surface area contributed by atoms with Crippen LogP contribution in [-0.2, 0) is 0 Å². The summed E-state index contributed by atoms with van der Waals surface area (Å²) in [6.45, 7) is 5.76. The van der Waals surface area contributed by atoms with Gasteiger partial charge in [-0.3, -0.25) is 0 Å². The van der Waals surface area contributed by atoms with Gasteiger partial charge >= 0.3 is 0 Å². The van der Waals surface area contributed by atoms with Crippen molar-refractivity contribution in [3.05, 3.63) is 41.0 Å². The van der Waals surface area contributed by atoms with Gasteiger partial charge in [0.25, 0.3) is 0 Å². The van der Waals surface area contributed by atoms with Crippen LogP contribution in [0.3, 0.4) is 0 Å². The fourth-order valence-corrected chi connectivity index (χ4v) is 3.75. The van der Waals surface area contributed by atoms with Crippen LogP contribution < -0.4 is 9.64 Å². The molecule has 1 aromatic carbocycles. The molecule has 0 radical (unpaired) electrons. The number of anilines is 2. The first-order valence-corrected chi connectivity index (χ1v) is 7.77. The van der Waals surface area contributed by atoms with Gasteiger partial charge in [-0.05, 0) is 31.5 Å². The summed E-state index contributed by atoms with van der Waals surface area (Å²) >= 11 is 1.73. The number of hydrogen-bond donors (Lipinski definition) is 0. The molecule has 0 saturated heterocycles. The van der Waals surface area contributed by atoms with E-state index >= 15 is 0 Å². The summed E-state index contributed by atoms with van der Waals surface area (Å²) in [5, 5.41) is 1.16. The molecule has 21 heavy (non-hydrogen) atoms. The van der Waals surface area contributed by atoms with Gasteiger partial charge in [-0.2, -0.15) is 0 Å². The van der Waals surface area contributed by atoms with E-state index in [2.05, 4.69) is 34.8 Å². The number of para-hydroxylation sites is 2. The van der Waals surface area contributed by atoms with Gasteiger partial charge in [0, 0.05) is 4.88 Å². The van der Waals surface area contributed by atoms with Gasteiger partial charge in [0.2, 0.25) is 0 Å². The highest BCUT2D eigenvalue weighted by atomic mass is 32.1. The highest BCUT2D eigenvalue weighted by Gasteiger charge is 2.23. The van der Waals surface area contributed by atoms with Crippen LogP contribution in [0.1, 0.15) is 10.4 Å². The molecule has 4 rings (SSSR count). The third-order valence-corrected chi connectivity index (χ3v) is 5.04. The lowest BCUT2D eigenvalue weighted by atomic mass is 10.1. The summed E-state index contributed by atoms with van der Waals surface area (Å²) in [5.74, 6) is 1.90. The molecule has 0 atom stereocenters. The van der Waals surface area contributed by atoms with Crippen molar-refractivity contribution >= 4 is 33.1 Å². The normalized spacial score (nSPS) is 14.1. The highest BCUT2D eigenvalue weighted by molar-refractivity contribution is 7.18. The Morgan fingerprint density at radius 2 is 2.05 bits per heavy atom. The van der Waals surface area contributed by atoms with Gasteiger partial charge in [-0.15, -0.1) is 11.3 Å². The smallest absolute Gasteiger partial charge is 0.145 e. The maximum Gasteiger partial charge on any atom is 0.145 e. The Morgan fingerprint density at radius 3 is 2.95 bits per heavy atom. The van der Waals surface area contributed by atoms with Crippen molar-refractivity contribution in [3.63, 3.8) is 0 Å². The molecule has 0 bridgehead atoms. The van der Waals surface area contributed by atoms with Crippen molar-refractivity contribution in [1.29, 1.82) is 0 Å². The maximum absolute atomic E-state index is 5.74. The fraction of sp³-hybridized carbons (Fsp3) is 0.250. The van der Waals surface area contributed by atoms with Crippen LogP contribution in [0.25, 0.3) is 10.2 Å². The predicted molar refractivity (Wildman–Crippen MR) is 85.8 cm³/mol. The van der Waals surface area contributed by atoms with Crippen LogP contribution in [0, 0.1) is 13.8 Å². The zero-order valence-electron chi connectivity index (χ0n) is 12.0. The number of ether oxygens (including phenoxy) is 1. The van der Waals surface area contributed by atoms with Crippen LogP contribution in [0.4, 0.5) is 11.5 Å². The average molecular weight is 297 g/mol. The molecule has 0 amide bonds. The number of hydrogen-bond acceptors (Lipinski definition) is 5. The Kier molecular flexibility index (Phi) is 2.82. The van der Waals surface area contributed by atoms with Crippen molar-refractivity contribution in [1.82, 2.24) is 9.97 Å². The summed E-state index contributed by atoms with van der Waals surface area (Å²) in [4.78, 5) is 13.6. The number of benzene rings is 1. The number of rotatable bonds is 1. The van der Waals surface area contributed by atoms with Crippen LogP contribution in [-0.4, -0.2) is 23.1 Å². The number of aromatic nitrogens is 2. The molecule has 3 heterocycles. The zero-order valence-corrected chi connectivity index (χ0v) is 12.8. The van der Waals surface area contributed by atoms with E-state index in [0.717, 1.165) is 34.0 Å². The molecule has 0 aliphatic carbocycles. The third-order valence-electron chi connectivity index (χ3n) is 3.93. The summed E-state index contributed by atoms with van der Waals surface area (Å²) in [6.07, 6.45) is 1.66. The van der Waals surface area contributed by atoms with Gasteiger partial charge in [0.05, 0.1) is 17.6 Å². The maximum atomic E-state index is 5.74. The summed E-state index contributed by atoms with van der Waals surface area (Å²) in [5.41, 5.74) is 2.35. The molecule has 106 valence electrons. The Labute approximate surface area is 127 Å². The molecule has 0 N–H and O–H groups in total. The minimum absolute atomic E-state index is 0.671. The second-order valence-corrected chi connectivity index (χ2v) is 6.33. The van der Waals surface area contributed by atoms with Gasteiger partial charge in [0.1, 0.15) is 29.3 Å². The Balaban J connectivity index is 1.96. The Bertz CT molecular complexity index is 828. The molecular weight excluding hydrogens is 282 g/mol. The third kappa shape index (κ3) is 1.88. The van der Waals surface area contributed by atoms with Crippen molar-refractivity contribution in [3.8, 4) is 5.75 Å². The summed E-state index contributed by atoms with van der Waals surface area (Å²) in [7, 11) is 0. The molecule has 0 fully saturated rings. The molecule has 2 aromatic heterocycles. The molecule has 5 heteroatoms. The van der Waals surface area contributed by atoms with Crippen molar-refractivity contribution < 1.29 is 4.74 Å². The van der Waals surface area contributed by atoms with E-state index in [4.69, 9.17) is 4.74 Å². The average Bonchev–Trinajstić information content (AvgIpc) is 2.82. The minimum atomic E-state index is 0.671. The fourth-order valence-electron chi connectivity index (χ4n) is 2.76. The monoisotopic (exact) mass is 297 g/mol. The summed E-state index contributed by atoms with van der Waals surface area (Å²) < 4.78 is 5.74. The first-order chi connectivity index (χ1) is 10.3. The first-order valence-electron chi connectivity index (χ1n) is 6.96. The second-order valence-electron chi connectivity index (χ2n) is 5.13. The van der Waals surface area contributed by atoms with Crippen molar-refractivity contribution in [2.75, 3.05) is 18.1 Å². The molecule has 1 aliphatic rings. The standard InChI is InChI=1S/C16H15N3OS/c1-10-11(2)21-16-14(10)15(17-9-18-16)19-7-8-20-13-6-4-3-5-12(13)19/h3-6,9H,7-8H2,1-2H3. The lowest BCUT2D eigenvalue weighted by Crippen LogP contribution is -2.29. The van der Waals surface area contributed by atoms with Gasteiger partial charge in [-0.1, -0.05) is 12.1 Å². The van der Waals surface area contributed by atoms with E-state index in [9.17, 15) is 0 Å². The van der Waals surface area contributed by atoms with Crippen LogP contribution >= 0.6 is 11.3 Å². The Morgan fingerprint density at radius 1 is 1.19 bits per heavy atom. The summed E-state index contributed by atoms with van der Waals surface area (Å²) in [6, 6.07) is 8.12. The topological polar surface area (TPSA) is 38.2 Å². The van der Waals surface area contributed by atoms with Crippen molar-refractivity contribution in [2.45, 2.75) is 13.8 Å². The van der Waals surface area contributed by atoms with E-state index in [-0.39, 0.29) is 0 Å². The van der Waals surface area contributed by atoms with Crippen LogP contribution in [0.2, 0.25) is 0 Å². The first kappa shape index (κ1) is 12.6. The molecule has 0 spiro atoms. The molecule has 1 aliphatic heterocycles. The van der Waals surface area contributed by atoms with Crippen molar-refractivity contribution in [2.24, 2.45) is 0 Å². The largest absolute Gasteiger partial charge is 0.490 e. The second kappa shape index (κ2) is 4.70.